The largest absolute Gasteiger partial charge is 0.321 e. The van der Waals surface area contributed by atoms with Crippen molar-refractivity contribution in [2.45, 2.75) is 25.3 Å². The Kier molecular flexibility index (Phi) is 2.92. The molecule has 0 saturated heterocycles. The second-order valence-corrected chi connectivity index (χ2v) is 4.84. The Bertz CT molecular complexity index is 553. The third-order valence-corrected chi connectivity index (χ3v) is 3.57. The molecule has 3 nitrogen and oxygen atoms in total. The average molecular weight is 260 g/mol. The molecule has 0 spiro atoms. The predicted octanol–water partition coefficient (Wildman–Crippen LogP) is 3.30. The lowest BCUT2D eigenvalue weighted by Crippen LogP contribution is -2.25. The molecule has 0 fully saturated rings. The van der Waals surface area contributed by atoms with Crippen molar-refractivity contribution in [2.75, 3.05) is 4.90 Å². The van der Waals surface area contributed by atoms with Crippen LogP contribution in [0.2, 0.25) is 0 Å². The van der Waals surface area contributed by atoms with Crippen molar-refractivity contribution in [2.24, 2.45) is 0 Å². The first-order valence-corrected chi connectivity index (χ1v) is 6.59. The van der Waals surface area contributed by atoms with E-state index >= 15 is 0 Å². The SMILES string of the molecule is CC1Cc2ccccc2N1c1ccc(CCl)nn1. The summed E-state index contributed by atoms with van der Waals surface area (Å²) in [5.74, 6) is 1.29. The van der Waals surface area contributed by atoms with E-state index < -0.39 is 0 Å². The van der Waals surface area contributed by atoms with Gasteiger partial charge in [0, 0.05) is 11.7 Å². The summed E-state index contributed by atoms with van der Waals surface area (Å²) >= 11 is 5.73. The molecular formula is C14H14ClN3. The molecule has 0 aliphatic carbocycles. The van der Waals surface area contributed by atoms with Crippen molar-refractivity contribution in [3.8, 4) is 0 Å². The van der Waals surface area contributed by atoms with Crippen LogP contribution in [0.1, 0.15) is 18.2 Å². The Morgan fingerprint density at radius 3 is 2.78 bits per heavy atom. The van der Waals surface area contributed by atoms with Gasteiger partial charge in [0.1, 0.15) is 0 Å². The van der Waals surface area contributed by atoms with E-state index in [0.717, 1.165) is 17.9 Å². The summed E-state index contributed by atoms with van der Waals surface area (Å²) in [6.45, 7) is 2.21. The molecule has 1 atom stereocenters. The van der Waals surface area contributed by atoms with Gasteiger partial charge in [-0.05, 0) is 37.1 Å². The molecule has 1 unspecified atom stereocenters. The Morgan fingerprint density at radius 2 is 2.06 bits per heavy atom. The van der Waals surface area contributed by atoms with Gasteiger partial charge < -0.3 is 4.90 Å². The zero-order valence-corrected chi connectivity index (χ0v) is 10.9. The van der Waals surface area contributed by atoms with E-state index in [1.807, 2.05) is 12.1 Å². The number of benzene rings is 1. The molecule has 3 rings (SSSR count). The van der Waals surface area contributed by atoms with E-state index in [-0.39, 0.29) is 0 Å². The van der Waals surface area contributed by atoms with Crippen LogP contribution in [0.25, 0.3) is 0 Å². The van der Waals surface area contributed by atoms with Crippen LogP contribution in [0.4, 0.5) is 11.5 Å². The minimum atomic E-state index is 0.402. The second kappa shape index (κ2) is 4.58. The summed E-state index contributed by atoms with van der Waals surface area (Å²) in [6.07, 6.45) is 1.05. The van der Waals surface area contributed by atoms with Crippen molar-refractivity contribution in [3.63, 3.8) is 0 Å². The number of halogens is 1. The van der Waals surface area contributed by atoms with Crippen LogP contribution >= 0.6 is 11.6 Å². The van der Waals surface area contributed by atoms with Gasteiger partial charge in [-0.15, -0.1) is 16.7 Å². The van der Waals surface area contributed by atoms with Gasteiger partial charge in [0.25, 0.3) is 0 Å². The number of nitrogens with zero attached hydrogens (tertiary/aromatic N) is 3. The summed E-state index contributed by atoms with van der Waals surface area (Å²) in [5.41, 5.74) is 3.41. The van der Waals surface area contributed by atoms with Gasteiger partial charge in [0.05, 0.1) is 11.6 Å². The van der Waals surface area contributed by atoms with Gasteiger partial charge >= 0.3 is 0 Å². The molecule has 1 aromatic carbocycles. The molecule has 1 aromatic heterocycles. The molecule has 2 aromatic rings. The molecule has 18 heavy (non-hydrogen) atoms. The fourth-order valence-electron chi connectivity index (χ4n) is 2.47. The third kappa shape index (κ3) is 1.85. The number of aromatic nitrogens is 2. The highest BCUT2D eigenvalue weighted by molar-refractivity contribution is 6.16. The van der Waals surface area contributed by atoms with Gasteiger partial charge in [0.15, 0.2) is 5.82 Å². The van der Waals surface area contributed by atoms with Crippen LogP contribution in [-0.2, 0) is 12.3 Å². The molecule has 0 N–H and O–H groups in total. The molecular weight excluding hydrogens is 246 g/mol. The smallest absolute Gasteiger partial charge is 0.155 e. The summed E-state index contributed by atoms with van der Waals surface area (Å²) in [5, 5.41) is 8.40. The normalized spacial score (nSPS) is 17.9. The number of fused-ring (bicyclic) bond motifs is 1. The van der Waals surface area contributed by atoms with Crippen LogP contribution < -0.4 is 4.90 Å². The first-order valence-electron chi connectivity index (χ1n) is 6.05. The topological polar surface area (TPSA) is 29.0 Å². The van der Waals surface area contributed by atoms with Crippen LogP contribution in [0.3, 0.4) is 0 Å². The highest BCUT2D eigenvalue weighted by atomic mass is 35.5. The fourth-order valence-corrected chi connectivity index (χ4v) is 2.61. The monoisotopic (exact) mass is 259 g/mol. The van der Waals surface area contributed by atoms with Crippen molar-refractivity contribution in [1.82, 2.24) is 10.2 Å². The van der Waals surface area contributed by atoms with Gasteiger partial charge in [-0.2, -0.15) is 5.10 Å². The fraction of sp³-hybridized carbons (Fsp3) is 0.286. The quantitative estimate of drug-likeness (QED) is 0.775. The van der Waals surface area contributed by atoms with Crippen LogP contribution in [-0.4, -0.2) is 16.2 Å². The summed E-state index contributed by atoms with van der Waals surface area (Å²) < 4.78 is 0. The molecule has 1 aliphatic rings. The molecule has 2 heterocycles. The maximum absolute atomic E-state index is 5.73. The Labute approximate surface area is 111 Å². The lowest BCUT2D eigenvalue weighted by atomic mass is 10.1. The number of hydrogen-bond donors (Lipinski definition) is 0. The zero-order chi connectivity index (χ0) is 12.5. The third-order valence-electron chi connectivity index (χ3n) is 3.30. The van der Waals surface area contributed by atoms with Gasteiger partial charge in [0.2, 0.25) is 0 Å². The van der Waals surface area contributed by atoms with E-state index in [1.54, 1.807) is 0 Å². The highest BCUT2D eigenvalue weighted by Gasteiger charge is 2.27. The highest BCUT2D eigenvalue weighted by Crippen LogP contribution is 2.36. The predicted molar refractivity (Wildman–Crippen MR) is 73.3 cm³/mol. The number of hydrogen-bond acceptors (Lipinski definition) is 3. The zero-order valence-electron chi connectivity index (χ0n) is 10.2. The molecule has 92 valence electrons. The molecule has 0 amide bonds. The Morgan fingerprint density at radius 1 is 1.22 bits per heavy atom. The maximum atomic E-state index is 5.73. The second-order valence-electron chi connectivity index (χ2n) is 4.57. The van der Waals surface area contributed by atoms with Crippen molar-refractivity contribution >= 4 is 23.1 Å². The Balaban J connectivity index is 2.00. The minimum Gasteiger partial charge on any atom is -0.321 e. The molecule has 4 heteroatoms. The first-order chi connectivity index (χ1) is 8.79. The van der Waals surface area contributed by atoms with E-state index in [9.17, 15) is 0 Å². The maximum Gasteiger partial charge on any atom is 0.155 e. The number of anilines is 2. The van der Waals surface area contributed by atoms with E-state index in [0.29, 0.717) is 11.9 Å². The standard InChI is InChI=1S/C14H14ClN3/c1-10-8-11-4-2-3-5-13(11)18(10)14-7-6-12(9-15)16-17-14/h2-7,10H,8-9H2,1H3. The minimum absolute atomic E-state index is 0.402. The van der Waals surface area contributed by atoms with Crippen molar-refractivity contribution in [3.05, 3.63) is 47.7 Å². The van der Waals surface area contributed by atoms with Crippen LogP contribution in [0, 0.1) is 0 Å². The number of rotatable bonds is 2. The van der Waals surface area contributed by atoms with Gasteiger partial charge in [-0.25, -0.2) is 0 Å². The lowest BCUT2D eigenvalue weighted by molar-refractivity contribution is 0.741. The summed E-state index contributed by atoms with van der Waals surface area (Å²) in [4.78, 5) is 2.24. The molecule has 0 bridgehead atoms. The Hall–Kier alpha value is -1.61. The van der Waals surface area contributed by atoms with E-state index in [2.05, 4.69) is 46.3 Å². The molecule has 0 radical (unpaired) electrons. The summed E-state index contributed by atoms with van der Waals surface area (Å²) in [7, 11) is 0. The van der Waals surface area contributed by atoms with E-state index in [1.165, 1.54) is 11.3 Å². The van der Waals surface area contributed by atoms with Gasteiger partial charge in [-0.1, -0.05) is 18.2 Å². The van der Waals surface area contributed by atoms with E-state index in [4.69, 9.17) is 11.6 Å². The van der Waals surface area contributed by atoms with Crippen molar-refractivity contribution in [1.29, 1.82) is 0 Å². The van der Waals surface area contributed by atoms with Crippen LogP contribution in [0.15, 0.2) is 36.4 Å². The van der Waals surface area contributed by atoms with Crippen LogP contribution in [0.5, 0.6) is 0 Å². The summed E-state index contributed by atoms with van der Waals surface area (Å²) in [6, 6.07) is 12.8. The molecule has 1 aliphatic heterocycles. The first kappa shape index (κ1) is 11.5. The van der Waals surface area contributed by atoms with Crippen molar-refractivity contribution < 1.29 is 0 Å². The molecule has 0 saturated carbocycles. The average Bonchev–Trinajstić information content (AvgIpc) is 2.75. The number of alkyl halides is 1. The van der Waals surface area contributed by atoms with Gasteiger partial charge in [-0.3, -0.25) is 0 Å². The lowest BCUT2D eigenvalue weighted by Gasteiger charge is -2.23. The number of para-hydroxylation sites is 1.